The molecule has 2 N–H and O–H groups in total. The summed E-state index contributed by atoms with van der Waals surface area (Å²) in [6, 6.07) is 3.86. The summed E-state index contributed by atoms with van der Waals surface area (Å²) in [5.74, 6) is 0. The Morgan fingerprint density at radius 2 is 2.30 bits per heavy atom. The zero-order valence-corrected chi connectivity index (χ0v) is 13.5. The average Bonchev–Trinajstić information content (AvgIpc) is 2.96. The Morgan fingerprint density at radius 1 is 1.55 bits per heavy atom. The van der Waals surface area contributed by atoms with Gasteiger partial charge < -0.3 is 5.73 Å². The van der Waals surface area contributed by atoms with Gasteiger partial charge >= 0.3 is 5.69 Å². The summed E-state index contributed by atoms with van der Waals surface area (Å²) in [6.45, 7) is 0.590. The van der Waals surface area contributed by atoms with Crippen LogP contribution in [0.2, 0.25) is 0 Å². The summed E-state index contributed by atoms with van der Waals surface area (Å²) in [5.41, 5.74) is 5.40. The van der Waals surface area contributed by atoms with Crippen LogP contribution in [0, 0.1) is 0 Å². The lowest BCUT2D eigenvalue weighted by Crippen LogP contribution is -2.26. The Morgan fingerprint density at radius 3 is 2.85 bits per heavy atom. The maximum Gasteiger partial charge on any atom is 0.346 e. The molecule has 0 spiro atoms. The van der Waals surface area contributed by atoms with Crippen molar-refractivity contribution in [3.05, 3.63) is 49.5 Å². The van der Waals surface area contributed by atoms with Crippen molar-refractivity contribution in [1.29, 1.82) is 0 Å². The van der Waals surface area contributed by atoms with E-state index >= 15 is 0 Å². The molecule has 110 valence electrons. The van der Waals surface area contributed by atoms with Crippen LogP contribution in [-0.4, -0.2) is 20.9 Å². The first kappa shape index (κ1) is 17.1. The first-order valence-electron chi connectivity index (χ1n) is 5.48. The summed E-state index contributed by atoms with van der Waals surface area (Å²) < 4.78 is 16.1. The molecule has 0 saturated carbocycles. The van der Waals surface area contributed by atoms with Crippen molar-refractivity contribution < 1.29 is 4.39 Å². The summed E-state index contributed by atoms with van der Waals surface area (Å²) in [6.07, 6.45) is 1.87. The quantitative estimate of drug-likeness (QED) is 0.860. The van der Waals surface area contributed by atoms with Gasteiger partial charge in [0.2, 0.25) is 0 Å². The van der Waals surface area contributed by atoms with Crippen LogP contribution in [-0.2, 0) is 13.1 Å². The van der Waals surface area contributed by atoms with Crippen LogP contribution in [0.5, 0.6) is 0 Å². The molecular weight excluding hydrogens is 371 g/mol. The maximum atomic E-state index is 12.4. The van der Waals surface area contributed by atoms with Gasteiger partial charge in [0.1, 0.15) is 6.33 Å². The Labute approximate surface area is 133 Å². The second-order valence-corrected chi connectivity index (χ2v) is 6.42. The number of hydrogen-bond acceptors (Lipinski definition) is 4. The molecule has 0 aliphatic rings. The van der Waals surface area contributed by atoms with Crippen LogP contribution in [0.25, 0.3) is 0 Å². The fourth-order valence-electron chi connectivity index (χ4n) is 1.53. The molecule has 0 fully saturated rings. The average molecular weight is 384 g/mol. The minimum atomic E-state index is -0.280. The van der Waals surface area contributed by atoms with Crippen LogP contribution in [0.4, 0.5) is 4.39 Å². The predicted octanol–water partition coefficient (Wildman–Crippen LogP) is 2.15. The summed E-state index contributed by atoms with van der Waals surface area (Å²) >= 11 is 4.92. The minimum absolute atomic E-state index is 0. The van der Waals surface area contributed by atoms with E-state index in [-0.39, 0.29) is 31.2 Å². The van der Waals surface area contributed by atoms with Crippen molar-refractivity contribution in [2.24, 2.45) is 5.73 Å². The van der Waals surface area contributed by atoms with Gasteiger partial charge in [-0.05, 0) is 33.6 Å². The zero-order valence-electron chi connectivity index (χ0n) is 10.3. The third kappa shape index (κ3) is 4.02. The van der Waals surface area contributed by atoms with Crippen molar-refractivity contribution in [3.63, 3.8) is 0 Å². The molecule has 0 saturated heterocycles. The van der Waals surface area contributed by atoms with Crippen LogP contribution in [0.15, 0.2) is 38.9 Å². The molecule has 0 unspecified atom stereocenters. The highest BCUT2D eigenvalue weighted by atomic mass is 79.9. The van der Waals surface area contributed by atoms with Crippen LogP contribution < -0.4 is 11.4 Å². The van der Waals surface area contributed by atoms with Gasteiger partial charge in [-0.2, -0.15) is 5.10 Å². The highest BCUT2D eigenvalue weighted by molar-refractivity contribution is 9.11. The van der Waals surface area contributed by atoms with Crippen molar-refractivity contribution >= 4 is 39.7 Å². The molecule has 2 aromatic rings. The molecule has 0 aromatic carbocycles. The fraction of sp³-hybridized carbons (Fsp3) is 0.273. The van der Waals surface area contributed by atoms with Crippen molar-refractivity contribution in [1.82, 2.24) is 14.3 Å². The van der Waals surface area contributed by atoms with Gasteiger partial charge in [-0.25, -0.2) is 13.9 Å². The van der Waals surface area contributed by atoms with Gasteiger partial charge in [0.15, 0.2) is 0 Å². The first-order valence-corrected chi connectivity index (χ1v) is 7.09. The molecule has 2 heterocycles. The van der Waals surface area contributed by atoms with Crippen molar-refractivity contribution in [2.45, 2.75) is 13.1 Å². The van der Waals surface area contributed by atoms with E-state index in [9.17, 15) is 9.18 Å². The lowest BCUT2D eigenvalue weighted by Gasteiger charge is -2.01. The van der Waals surface area contributed by atoms with E-state index in [4.69, 9.17) is 5.73 Å². The fourth-order valence-corrected chi connectivity index (χ4v) is 3.01. The molecule has 0 atom stereocenters. The zero-order chi connectivity index (χ0) is 13.8. The molecule has 20 heavy (non-hydrogen) atoms. The van der Waals surface area contributed by atoms with Crippen molar-refractivity contribution in [2.75, 3.05) is 6.54 Å². The molecule has 0 aliphatic carbocycles. The molecule has 0 amide bonds. The number of thiophene rings is 1. The Balaban J connectivity index is 0.00000200. The second-order valence-electron chi connectivity index (χ2n) is 3.88. The third-order valence-corrected chi connectivity index (χ3v) is 4.13. The monoisotopic (exact) mass is 382 g/mol. The highest BCUT2D eigenvalue weighted by Crippen LogP contribution is 2.22. The van der Waals surface area contributed by atoms with Gasteiger partial charge in [0.25, 0.3) is 0 Å². The van der Waals surface area contributed by atoms with E-state index in [1.165, 1.54) is 15.6 Å². The number of nitrogens with two attached hydrogens (primary N) is 1. The van der Waals surface area contributed by atoms with Crippen LogP contribution in [0.1, 0.15) is 4.88 Å². The number of hydrogen-bond donors (Lipinski definition) is 1. The van der Waals surface area contributed by atoms with E-state index < -0.39 is 0 Å². The first-order chi connectivity index (χ1) is 9.13. The van der Waals surface area contributed by atoms with E-state index in [0.29, 0.717) is 18.4 Å². The molecule has 0 radical (unpaired) electrons. The van der Waals surface area contributed by atoms with Crippen molar-refractivity contribution in [3.8, 4) is 0 Å². The largest absolute Gasteiger partial charge is 0.346 e. The maximum absolute atomic E-state index is 12.4. The lowest BCUT2D eigenvalue weighted by molar-refractivity contribution is 0.604. The van der Waals surface area contributed by atoms with Crippen LogP contribution >= 0.6 is 39.7 Å². The van der Waals surface area contributed by atoms with Gasteiger partial charge in [-0.1, -0.05) is 0 Å². The molecule has 2 rings (SSSR count). The smallest absolute Gasteiger partial charge is 0.327 e. The molecule has 0 aliphatic heterocycles. The van der Waals surface area contributed by atoms with Gasteiger partial charge in [-0.15, -0.1) is 23.7 Å². The number of halogens is 3. The van der Waals surface area contributed by atoms with E-state index in [2.05, 4.69) is 21.0 Å². The SMILES string of the molecule is Cl.NC/C(=C\F)Cn1ncn(Cc2ccc(Br)s2)c1=O. The standard InChI is InChI=1S/C11H12BrFN4OS.ClH/c12-10-2-1-9(19-10)6-16-7-15-17(11(16)18)5-8(3-13)4-14;/h1-3,7H,4-6,14H2;1H/b8-3+;. The number of nitrogens with zero attached hydrogens (tertiary/aromatic N) is 3. The molecule has 5 nitrogen and oxygen atoms in total. The van der Waals surface area contributed by atoms with Gasteiger partial charge in [0, 0.05) is 11.4 Å². The van der Waals surface area contributed by atoms with E-state index in [0.717, 1.165) is 8.66 Å². The summed E-state index contributed by atoms with van der Waals surface area (Å²) in [7, 11) is 0. The van der Waals surface area contributed by atoms with Crippen LogP contribution in [0.3, 0.4) is 0 Å². The topological polar surface area (TPSA) is 65.8 Å². The number of aromatic nitrogens is 3. The Hall–Kier alpha value is -0.960. The highest BCUT2D eigenvalue weighted by Gasteiger charge is 2.08. The lowest BCUT2D eigenvalue weighted by atomic mass is 10.3. The number of rotatable bonds is 5. The minimum Gasteiger partial charge on any atom is -0.327 e. The second kappa shape index (κ2) is 7.72. The predicted molar refractivity (Wildman–Crippen MR) is 83.1 cm³/mol. The van der Waals surface area contributed by atoms with Gasteiger partial charge in [0.05, 0.1) is 23.2 Å². The van der Waals surface area contributed by atoms with E-state index in [1.807, 2.05) is 12.1 Å². The molecule has 0 bridgehead atoms. The summed E-state index contributed by atoms with van der Waals surface area (Å²) in [4.78, 5) is 13.0. The van der Waals surface area contributed by atoms with Gasteiger partial charge in [-0.3, -0.25) is 4.57 Å². The van der Waals surface area contributed by atoms with E-state index in [1.54, 1.807) is 11.3 Å². The Bertz CT molecular complexity index is 651. The summed E-state index contributed by atoms with van der Waals surface area (Å²) in [5, 5.41) is 3.95. The Kier molecular flexibility index (Phi) is 6.60. The third-order valence-electron chi connectivity index (χ3n) is 2.52. The molecule has 9 heteroatoms. The normalized spacial score (nSPS) is 11.4. The molecular formula is C11H13BrClFN4OS. The molecule has 2 aromatic heterocycles.